The Bertz CT molecular complexity index is 734. The number of carbonyl (C=O) groups is 1. The number of benzene rings is 1. The molecule has 0 saturated heterocycles. The van der Waals surface area contributed by atoms with Gasteiger partial charge in [-0.25, -0.2) is 0 Å². The third-order valence-corrected chi connectivity index (χ3v) is 2.97. The first-order chi connectivity index (χ1) is 9.49. The van der Waals surface area contributed by atoms with Gasteiger partial charge in [0.2, 0.25) is 5.75 Å². The minimum absolute atomic E-state index is 0.0980. The molecule has 0 aliphatic rings. The van der Waals surface area contributed by atoms with E-state index in [0.717, 1.165) is 0 Å². The molecule has 0 fully saturated rings. The maximum atomic E-state index is 12.4. The van der Waals surface area contributed by atoms with Crippen LogP contribution < -0.4 is 20.8 Å². The Labute approximate surface area is 115 Å². The van der Waals surface area contributed by atoms with Crippen LogP contribution in [0.15, 0.2) is 23.0 Å². The van der Waals surface area contributed by atoms with Crippen LogP contribution in [-0.2, 0) is 11.3 Å². The molecule has 2 N–H and O–H groups in total. The molecule has 0 aliphatic heterocycles. The fraction of sp³-hybridized carbons (Fsp3) is 0.286. The van der Waals surface area contributed by atoms with Crippen molar-refractivity contribution in [2.24, 2.45) is 0 Å². The van der Waals surface area contributed by atoms with Crippen LogP contribution in [-0.4, -0.2) is 17.6 Å². The summed E-state index contributed by atoms with van der Waals surface area (Å²) in [6.45, 7) is 3.49. The third kappa shape index (κ3) is 2.20. The zero-order valence-electron chi connectivity index (χ0n) is 11.6. The van der Waals surface area contributed by atoms with Crippen molar-refractivity contribution in [1.82, 2.24) is 4.57 Å². The highest BCUT2D eigenvalue weighted by molar-refractivity contribution is 5.90. The molecule has 0 radical (unpaired) electrons. The fourth-order valence-corrected chi connectivity index (χ4v) is 2.17. The first kappa shape index (κ1) is 13.9. The van der Waals surface area contributed by atoms with Crippen molar-refractivity contribution in [3.8, 4) is 11.5 Å². The Hall–Kier alpha value is -2.50. The molecule has 0 atom stereocenters. The van der Waals surface area contributed by atoms with Crippen molar-refractivity contribution in [3.05, 3.63) is 28.6 Å². The summed E-state index contributed by atoms with van der Waals surface area (Å²) >= 11 is 0. The number of aromatic nitrogens is 1. The SMILES string of the molecule is CCn1c(=O)c(OC(C)=O)c(OC)c2ccc(N)cc21. The van der Waals surface area contributed by atoms with Crippen molar-refractivity contribution in [2.45, 2.75) is 20.4 Å². The number of methoxy groups -OCH3 is 1. The van der Waals surface area contributed by atoms with Crippen molar-refractivity contribution >= 4 is 22.6 Å². The van der Waals surface area contributed by atoms with Crippen LogP contribution in [0.1, 0.15) is 13.8 Å². The van der Waals surface area contributed by atoms with Gasteiger partial charge in [0, 0.05) is 24.5 Å². The summed E-state index contributed by atoms with van der Waals surface area (Å²) in [5.74, 6) is -0.429. The molecular weight excluding hydrogens is 260 g/mol. The summed E-state index contributed by atoms with van der Waals surface area (Å²) in [5, 5.41) is 0.666. The molecule has 1 aromatic carbocycles. The molecule has 1 heterocycles. The van der Waals surface area contributed by atoms with Gasteiger partial charge in [0.1, 0.15) is 0 Å². The van der Waals surface area contributed by atoms with Gasteiger partial charge < -0.3 is 19.8 Å². The second-order valence-corrected chi connectivity index (χ2v) is 4.28. The molecule has 106 valence electrons. The zero-order chi connectivity index (χ0) is 14.9. The minimum atomic E-state index is -0.571. The molecule has 6 nitrogen and oxygen atoms in total. The Morgan fingerprint density at radius 3 is 2.60 bits per heavy atom. The van der Waals surface area contributed by atoms with Crippen LogP contribution in [0.5, 0.6) is 11.5 Å². The number of rotatable bonds is 3. The standard InChI is InChI=1S/C14H16N2O4/c1-4-16-11-7-9(15)5-6-10(11)12(19-3)13(14(16)18)20-8(2)17/h5-7H,4,15H2,1-3H3. The van der Waals surface area contributed by atoms with Gasteiger partial charge in [0.05, 0.1) is 12.6 Å². The molecule has 1 aromatic heterocycles. The number of anilines is 1. The second-order valence-electron chi connectivity index (χ2n) is 4.28. The molecule has 0 saturated carbocycles. The lowest BCUT2D eigenvalue weighted by Crippen LogP contribution is -2.24. The third-order valence-electron chi connectivity index (χ3n) is 2.97. The van der Waals surface area contributed by atoms with Gasteiger partial charge in [0.25, 0.3) is 5.56 Å². The number of fused-ring (bicyclic) bond motifs is 1. The monoisotopic (exact) mass is 276 g/mol. The summed E-state index contributed by atoms with van der Waals surface area (Å²) in [6, 6.07) is 5.13. The van der Waals surface area contributed by atoms with E-state index in [1.807, 2.05) is 6.92 Å². The molecule has 6 heteroatoms. The number of hydrogen-bond acceptors (Lipinski definition) is 5. The van der Waals surface area contributed by atoms with Crippen LogP contribution in [0.4, 0.5) is 5.69 Å². The molecular formula is C14H16N2O4. The number of nitrogens with zero attached hydrogens (tertiary/aromatic N) is 1. The predicted molar refractivity (Wildman–Crippen MR) is 76.2 cm³/mol. The normalized spacial score (nSPS) is 10.6. The lowest BCUT2D eigenvalue weighted by atomic mass is 10.1. The average Bonchev–Trinajstić information content (AvgIpc) is 2.39. The highest BCUT2D eigenvalue weighted by atomic mass is 16.6. The van der Waals surface area contributed by atoms with Crippen molar-refractivity contribution in [2.75, 3.05) is 12.8 Å². The molecule has 0 unspecified atom stereocenters. The quantitative estimate of drug-likeness (QED) is 0.679. The smallest absolute Gasteiger partial charge is 0.308 e. The summed E-state index contributed by atoms with van der Waals surface area (Å²) in [4.78, 5) is 23.6. The van der Waals surface area contributed by atoms with E-state index < -0.39 is 11.5 Å². The molecule has 2 aromatic rings. The van der Waals surface area contributed by atoms with Crippen LogP contribution in [0, 0.1) is 0 Å². The van der Waals surface area contributed by atoms with Gasteiger partial charge in [-0.3, -0.25) is 9.59 Å². The first-order valence-corrected chi connectivity index (χ1v) is 6.18. The maximum absolute atomic E-state index is 12.4. The summed E-state index contributed by atoms with van der Waals surface area (Å²) < 4.78 is 11.8. The summed E-state index contributed by atoms with van der Waals surface area (Å²) in [6.07, 6.45) is 0. The van der Waals surface area contributed by atoms with E-state index in [2.05, 4.69) is 0 Å². The van der Waals surface area contributed by atoms with Gasteiger partial charge in [-0.1, -0.05) is 0 Å². The van der Waals surface area contributed by atoms with Gasteiger partial charge >= 0.3 is 5.97 Å². The lowest BCUT2D eigenvalue weighted by Gasteiger charge is -2.15. The van der Waals surface area contributed by atoms with Gasteiger partial charge in [-0.2, -0.15) is 0 Å². The molecule has 0 amide bonds. The predicted octanol–water partition coefficient (Wildman–Crippen LogP) is 1.54. The van der Waals surface area contributed by atoms with Crippen LogP contribution in [0.2, 0.25) is 0 Å². The summed E-state index contributed by atoms with van der Waals surface area (Å²) in [5.41, 5.74) is 6.53. The zero-order valence-corrected chi connectivity index (χ0v) is 11.6. The van der Waals surface area contributed by atoms with E-state index in [0.29, 0.717) is 23.1 Å². The second kappa shape index (κ2) is 5.24. The first-order valence-electron chi connectivity index (χ1n) is 6.18. The van der Waals surface area contributed by atoms with E-state index >= 15 is 0 Å². The highest BCUT2D eigenvalue weighted by Crippen LogP contribution is 2.33. The van der Waals surface area contributed by atoms with Crippen LogP contribution >= 0.6 is 0 Å². The number of nitrogen functional groups attached to an aromatic ring is 1. The van der Waals surface area contributed by atoms with Crippen LogP contribution in [0.3, 0.4) is 0 Å². The topological polar surface area (TPSA) is 83.5 Å². The number of carbonyl (C=O) groups excluding carboxylic acids is 1. The highest BCUT2D eigenvalue weighted by Gasteiger charge is 2.19. The number of ether oxygens (including phenoxy) is 2. The van der Waals surface area contributed by atoms with Crippen molar-refractivity contribution < 1.29 is 14.3 Å². The van der Waals surface area contributed by atoms with Crippen molar-refractivity contribution in [1.29, 1.82) is 0 Å². The molecule has 20 heavy (non-hydrogen) atoms. The van der Waals surface area contributed by atoms with Crippen LogP contribution in [0.25, 0.3) is 10.9 Å². The Kier molecular flexibility index (Phi) is 3.65. The van der Waals surface area contributed by atoms with E-state index in [4.69, 9.17) is 15.2 Å². The van der Waals surface area contributed by atoms with E-state index in [1.165, 1.54) is 18.6 Å². The maximum Gasteiger partial charge on any atom is 0.308 e. The van der Waals surface area contributed by atoms with E-state index in [1.54, 1.807) is 18.2 Å². The number of nitrogens with two attached hydrogens (primary N) is 1. The Balaban J connectivity index is 2.93. The van der Waals surface area contributed by atoms with Gasteiger partial charge in [-0.05, 0) is 25.1 Å². The molecule has 0 bridgehead atoms. The Morgan fingerprint density at radius 2 is 2.05 bits per heavy atom. The van der Waals surface area contributed by atoms with E-state index in [9.17, 15) is 9.59 Å². The van der Waals surface area contributed by atoms with Gasteiger partial charge in [-0.15, -0.1) is 0 Å². The van der Waals surface area contributed by atoms with E-state index in [-0.39, 0.29) is 11.5 Å². The Morgan fingerprint density at radius 1 is 1.35 bits per heavy atom. The van der Waals surface area contributed by atoms with Gasteiger partial charge in [0.15, 0.2) is 5.75 Å². The van der Waals surface area contributed by atoms with Crippen molar-refractivity contribution in [3.63, 3.8) is 0 Å². The number of pyridine rings is 1. The number of hydrogen-bond donors (Lipinski definition) is 1. The minimum Gasteiger partial charge on any atom is -0.492 e. The molecule has 2 rings (SSSR count). The fourth-order valence-electron chi connectivity index (χ4n) is 2.17. The molecule has 0 aliphatic carbocycles. The number of esters is 1. The number of aryl methyl sites for hydroxylation is 1. The molecule has 0 spiro atoms. The average molecular weight is 276 g/mol. The summed E-state index contributed by atoms with van der Waals surface area (Å²) in [7, 11) is 1.42. The largest absolute Gasteiger partial charge is 0.492 e. The lowest BCUT2D eigenvalue weighted by molar-refractivity contribution is -0.132.